The summed E-state index contributed by atoms with van der Waals surface area (Å²) in [5, 5.41) is 2.71. The van der Waals surface area contributed by atoms with Crippen molar-refractivity contribution < 1.29 is 18.8 Å². The van der Waals surface area contributed by atoms with Gasteiger partial charge in [0.1, 0.15) is 5.82 Å². The van der Waals surface area contributed by atoms with E-state index in [1.807, 2.05) is 13.8 Å². The van der Waals surface area contributed by atoms with Gasteiger partial charge in [0.15, 0.2) is 0 Å². The van der Waals surface area contributed by atoms with Crippen LogP contribution in [0.15, 0.2) is 66.2 Å². The van der Waals surface area contributed by atoms with Gasteiger partial charge in [0.2, 0.25) is 18.0 Å². The van der Waals surface area contributed by atoms with Crippen LogP contribution in [0.5, 0.6) is 0 Å². The Balaban J connectivity index is 2.07. The van der Waals surface area contributed by atoms with Gasteiger partial charge in [0.25, 0.3) is 5.91 Å². The lowest BCUT2D eigenvalue weighted by Crippen LogP contribution is -2.50. The Bertz CT molecular complexity index is 1160. The van der Waals surface area contributed by atoms with E-state index in [2.05, 4.69) is 16.9 Å². The molecule has 2 aromatic carbocycles. The molecule has 0 saturated heterocycles. The molecule has 0 fully saturated rings. The fourth-order valence-electron chi connectivity index (χ4n) is 4.35. The maximum absolute atomic E-state index is 14.8. The number of benzodiazepines with no additional fused rings is 1. The number of hydrogen-bond donors (Lipinski definition) is 2. The number of allylic oxidation sites excluding steroid dienone is 1. The number of carbonyl (C=O) groups is 3. The molecule has 0 aromatic heterocycles. The third kappa shape index (κ3) is 5.65. The van der Waals surface area contributed by atoms with Gasteiger partial charge in [-0.1, -0.05) is 50.3 Å². The van der Waals surface area contributed by atoms with E-state index in [4.69, 9.17) is 5.73 Å². The highest BCUT2D eigenvalue weighted by Gasteiger charge is 2.36. The molecule has 2 aromatic rings. The molecule has 1 aliphatic heterocycles. The first-order chi connectivity index (χ1) is 16.6. The van der Waals surface area contributed by atoms with E-state index in [9.17, 15) is 18.8 Å². The second-order valence-corrected chi connectivity index (χ2v) is 9.05. The van der Waals surface area contributed by atoms with Gasteiger partial charge in [-0.25, -0.2) is 9.38 Å². The van der Waals surface area contributed by atoms with Crippen molar-refractivity contribution in [3.8, 4) is 0 Å². The van der Waals surface area contributed by atoms with Crippen LogP contribution >= 0.6 is 0 Å². The first-order valence-electron chi connectivity index (χ1n) is 11.6. The molecule has 184 valence electrons. The smallest absolute Gasteiger partial charge is 0.272 e. The molecule has 0 radical (unpaired) electrons. The van der Waals surface area contributed by atoms with E-state index in [1.54, 1.807) is 55.6 Å². The number of hydrogen-bond acceptors (Lipinski definition) is 4. The lowest BCUT2D eigenvalue weighted by atomic mass is 9.82. The zero-order valence-corrected chi connectivity index (χ0v) is 20.2. The normalized spacial score (nSPS) is 17.2. The van der Waals surface area contributed by atoms with Gasteiger partial charge in [-0.05, 0) is 37.0 Å². The molecule has 1 aliphatic rings. The summed E-state index contributed by atoms with van der Waals surface area (Å²) in [6.07, 6.45) is 0.842. The molecular weight excluding hydrogens is 447 g/mol. The topological polar surface area (TPSA) is 105 Å². The molecule has 3 N–H and O–H groups in total. The summed E-state index contributed by atoms with van der Waals surface area (Å²) in [5.74, 6) is -3.58. The number of aliphatic imine (C=N–C) groups is 1. The van der Waals surface area contributed by atoms with Crippen molar-refractivity contribution in [1.82, 2.24) is 5.32 Å². The minimum atomic E-state index is -1.32. The van der Waals surface area contributed by atoms with Crippen molar-refractivity contribution in [2.75, 3.05) is 11.9 Å². The summed E-state index contributed by atoms with van der Waals surface area (Å²) < 4.78 is 14.8. The minimum absolute atomic E-state index is 0.0895. The van der Waals surface area contributed by atoms with Crippen LogP contribution < -0.4 is 16.0 Å². The Morgan fingerprint density at radius 1 is 1.14 bits per heavy atom. The van der Waals surface area contributed by atoms with Gasteiger partial charge >= 0.3 is 0 Å². The van der Waals surface area contributed by atoms with Crippen LogP contribution in [0.25, 0.3) is 0 Å². The lowest BCUT2D eigenvalue weighted by molar-refractivity contribution is -0.135. The van der Waals surface area contributed by atoms with E-state index in [-0.39, 0.29) is 23.6 Å². The van der Waals surface area contributed by atoms with Crippen molar-refractivity contribution in [3.63, 3.8) is 0 Å². The fourth-order valence-corrected chi connectivity index (χ4v) is 4.35. The van der Waals surface area contributed by atoms with Crippen LogP contribution in [0.2, 0.25) is 0 Å². The number of benzene rings is 2. The van der Waals surface area contributed by atoms with Crippen LogP contribution in [-0.2, 0) is 14.4 Å². The van der Waals surface area contributed by atoms with Gasteiger partial charge in [-0.2, -0.15) is 0 Å². The molecule has 0 unspecified atom stereocenters. The SMILES string of the molecule is C=CC[C@H](C(N)=O)[C@H](CC(C)C)C(=O)N[C@H]1N=C(c2ccccc2F)c2ccccc2N(C)C1=O. The maximum atomic E-state index is 14.8. The highest BCUT2D eigenvalue weighted by atomic mass is 19.1. The quantitative estimate of drug-likeness (QED) is 0.540. The van der Waals surface area contributed by atoms with Crippen LogP contribution in [0.1, 0.15) is 37.8 Å². The number of anilines is 1. The Kier molecular flexibility index (Phi) is 8.17. The summed E-state index contributed by atoms with van der Waals surface area (Å²) in [6, 6.07) is 13.2. The van der Waals surface area contributed by atoms with Crippen molar-refractivity contribution in [2.45, 2.75) is 32.9 Å². The number of nitrogens with zero attached hydrogens (tertiary/aromatic N) is 2. The number of amides is 3. The predicted molar refractivity (Wildman–Crippen MR) is 134 cm³/mol. The lowest BCUT2D eigenvalue weighted by Gasteiger charge is -2.27. The highest BCUT2D eigenvalue weighted by Crippen LogP contribution is 2.29. The molecule has 35 heavy (non-hydrogen) atoms. The largest absolute Gasteiger partial charge is 0.369 e. The summed E-state index contributed by atoms with van der Waals surface area (Å²) in [6.45, 7) is 7.54. The third-order valence-corrected chi connectivity index (χ3v) is 6.09. The van der Waals surface area contributed by atoms with E-state index >= 15 is 0 Å². The van der Waals surface area contributed by atoms with Gasteiger partial charge < -0.3 is 16.0 Å². The Labute approximate surface area is 204 Å². The molecule has 1 heterocycles. The first-order valence-corrected chi connectivity index (χ1v) is 11.6. The predicted octanol–water partition coefficient (Wildman–Crippen LogP) is 3.42. The summed E-state index contributed by atoms with van der Waals surface area (Å²) in [5.41, 5.74) is 7.17. The fraction of sp³-hybridized carbons (Fsp3) is 0.333. The average molecular weight is 479 g/mol. The molecule has 3 rings (SSSR count). The molecule has 8 heteroatoms. The van der Waals surface area contributed by atoms with Crippen LogP contribution in [0.3, 0.4) is 0 Å². The minimum Gasteiger partial charge on any atom is -0.369 e. The highest BCUT2D eigenvalue weighted by molar-refractivity contribution is 6.20. The van der Waals surface area contributed by atoms with Crippen LogP contribution in [0.4, 0.5) is 10.1 Å². The number of carbonyl (C=O) groups excluding carboxylic acids is 3. The Morgan fingerprint density at radius 3 is 2.37 bits per heavy atom. The number of nitrogens with one attached hydrogen (secondary N) is 1. The van der Waals surface area contributed by atoms with E-state index in [1.165, 1.54) is 11.0 Å². The molecular formula is C27H31FN4O3. The monoisotopic (exact) mass is 478 g/mol. The van der Waals surface area contributed by atoms with E-state index in [0.717, 1.165) is 0 Å². The van der Waals surface area contributed by atoms with Crippen molar-refractivity contribution in [2.24, 2.45) is 28.5 Å². The third-order valence-electron chi connectivity index (χ3n) is 6.09. The van der Waals surface area contributed by atoms with Gasteiger partial charge in [-0.15, -0.1) is 6.58 Å². The number of halogens is 1. The number of nitrogens with two attached hydrogens (primary N) is 1. The number of likely N-dealkylation sites (N-methyl/N-ethyl adjacent to an activating group) is 1. The number of primary amides is 1. The second-order valence-electron chi connectivity index (χ2n) is 9.05. The van der Waals surface area contributed by atoms with E-state index in [0.29, 0.717) is 17.7 Å². The standard InChI is InChI=1S/C27H31FN4O3/c1-5-10-17(24(29)33)20(15-16(2)3)26(34)31-25-27(35)32(4)22-14-9-7-12-19(22)23(30-25)18-11-6-8-13-21(18)28/h5-9,11-14,16-17,20,25H,1,10,15H2,2-4H3,(H2,29,33)(H,31,34)/t17-,20-,25+/m0/s1. The Morgan fingerprint density at radius 2 is 1.77 bits per heavy atom. The average Bonchev–Trinajstić information content (AvgIpc) is 2.92. The number of rotatable bonds is 9. The maximum Gasteiger partial charge on any atom is 0.272 e. The first kappa shape index (κ1) is 25.8. The number of fused-ring (bicyclic) bond motifs is 1. The van der Waals surface area contributed by atoms with Gasteiger partial charge in [-0.3, -0.25) is 14.4 Å². The Hall–Kier alpha value is -3.81. The van der Waals surface area contributed by atoms with Gasteiger partial charge in [0, 0.05) is 18.2 Å². The molecule has 3 atom stereocenters. The van der Waals surface area contributed by atoms with E-state index < -0.39 is 41.5 Å². The summed E-state index contributed by atoms with van der Waals surface area (Å²) in [7, 11) is 1.58. The molecule has 7 nitrogen and oxygen atoms in total. The molecule has 0 bridgehead atoms. The number of para-hydroxylation sites is 1. The van der Waals surface area contributed by atoms with Crippen LogP contribution in [-0.4, -0.2) is 36.6 Å². The van der Waals surface area contributed by atoms with Crippen LogP contribution in [0, 0.1) is 23.6 Å². The van der Waals surface area contributed by atoms with Crippen molar-refractivity contribution in [3.05, 3.63) is 78.1 Å². The van der Waals surface area contributed by atoms with Crippen molar-refractivity contribution >= 4 is 29.1 Å². The molecule has 3 amide bonds. The summed E-state index contributed by atoms with van der Waals surface area (Å²) >= 11 is 0. The van der Waals surface area contributed by atoms with Crippen molar-refractivity contribution in [1.29, 1.82) is 0 Å². The summed E-state index contributed by atoms with van der Waals surface area (Å²) in [4.78, 5) is 44.9. The second kappa shape index (κ2) is 11.1. The zero-order chi connectivity index (χ0) is 25.7. The molecule has 0 saturated carbocycles. The van der Waals surface area contributed by atoms with Gasteiger partial charge in [0.05, 0.1) is 23.2 Å². The molecule has 0 spiro atoms. The molecule has 0 aliphatic carbocycles. The zero-order valence-electron chi connectivity index (χ0n) is 20.2.